The van der Waals surface area contributed by atoms with Crippen LogP contribution in [0.3, 0.4) is 0 Å². The maximum atomic E-state index is 11.4. The van der Waals surface area contributed by atoms with Gasteiger partial charge >= 0.3 is 5.97 Å². The Morgan fingerprint density at radius 2 is 2.05 bits per heavy atom. The summed E-state index contributed by atoms with van der Waals surface area (Å²) in [5.74, 6) is 0.473. The molecule has 1 aliphatic rings. The fourth-order valence-corrected chi connectivity index (χ4v) is 3.02. The lowest BCUT2D eigenvalue weighted by Gasteiger charge is -2.23. The van der Waals surface area contributed by atoms with Crippen molar-refractivity contribution in [1.29, 1.82) is 0 Å². The zero-order valence-corrected chi connectivity index (χ0v) is 12.6. The van der Waals surface area contributed by atoms with Gasteiger partial charge in [-0.2, -0.15) is 0 Å². The minimum Gasteiger partial charge on any atom is -0.464 e. The van der Waals surface area contributed by atoms with Gasteiger partial charge in [-0.1, -0.05) is 25.7 Å². The first-order valence-electron chi connectivity index (χ1n) is 7.70. The molecule has 0 aromatic carbocycles. The average Bonchev–Trinajstić information content (AvgIpc) is 2.77. The molecular formula is C16H26N2O2. The second-order valence-corrected chi connectivity index (χ2v) is 5.81. The highest BCUT2D eigenvalue weighted by atomic mass is 16.5. The van der Waals surface area contributed by atoms with E-state index in [0.29, 0.717) is 11.7 Å². The van der Waals surface area contributed by atoms with Crippen LogP contribution in [0.5, 0.6) is 0 Å². The van der Waals surface area contributed by atoms with Gasteiger partial charge in [-0.3, -0.25) is 0 Å². The number of esters is 1. The lowest BCUT2D eigenvalue weighted by molar-refractivity contribution is 0.0594. The minimum absolute atomic E-state index is 0.312. The van der Waals surface area contributed by atoms with Crippen molar-refractivity contribution in [2.45, 2.75) is 58.0 Å². The number of ether oxygens (including phenoxy) is 1. The summed E-state index contributed by atoms with van der Waals surface area (Å²) >= 11 is 0. The van der Waals surface area contributed by atoms with Crippen LogP contribution < -0.4 is 5.32 Å². The summed E-state index contributed by atoms with van der Waals surface area (Å²) in [6, 6.07) is 4.25. The summed E-state index contributed by atoms with van der Waals surface area (Å²) in [7, 11) is 1.40. The topological polar surface area (TPSA) is 54.1 Å². The number of aromatic amines is 1. The first kappa shape index (κ1) is 15.1. The molecule has 112 valence electrons. The van der Waals surface area contributed by atoms with E-state index in [1.165, 1.54) is 45.6 Å². The van der Waals surface area contributed by atoms with Gasteiger partial charge in [-0.05, 0) is 37.8 Å². The van der Waals surface area contributed by atoms with E-state index >= 15 is 0 Å². The number of methoxy groups -OCH3 is 1. The van der Waals surface area contributed by atoms with Gasteiger partial charge in [0.05, 0.1) is 7.11 Å². The molecule has 2 rings (SSSR count). The van der Waals surface area contributed by atoms with Crippen molar-refractivity contribution in [3.05, 3.63) is 23.5 Å². The molecule has 1 aliphatic carbocycles. The van der Waals surface area contributed by atoms with Crippen molar-refractivity contribution in [2.75, 3.05) is 7.11 Å². The molecule has 1 aromatic heterocycles. The Hall–Kier alpha value is -1.29. The fourth-order valence-electron chi connectivity index (χ4n) is 3.02. The molecule has 0 unspecified atom stereocenters. The molecule has 1 heterocycles. The molecular weight excluding hydrogens is 252 g/mol. The molecule has 1 atom stereocenters. The summed E-state index contributed by atoms with van der Waals surface area (Å²) in [6.07, 6.45) is 8.20. The van der Waals surface area contributed by atoms with Crippen molar-refractivity contribution >= 4 is 5.97 Å². The third-order valence-corrected chi connectivity index (χ3v) is 4.37. The number of rotatable bonds is 5. The summed E-state index contributed by atoms with van der Waals surface area (Å²) in [6.45, 7) is 3.05. The van der Waals surface area contributed by atoms with E-state index in [-0.39, 0.29) is 5.97 Å². The maximum absolute atomic E-state index is 11.4. The summed E-state index contributed by atoms with van der Waals surface area (Å²) in [4.78, 5) is 14.5. The van der Waals surface area contributed by atoms with Gasteiger partial charge in [0.15, 0.2) is 0 Å². The van der Waals surface area contributed by atoms with Crippen LogP contribution in [0.1, 0.15) is 61.6 Å². The van der Waals surface area contributed by atoms with Crippen molar-refractivity contribution in [1.82, 2.24) is 10.3 Å². The molecule has 2 N–H and O–H groups in total. The minimum atomic E-state index is -0.312. The number of aromatic nitrogens is 1. The smallest absolute Gasteiger partial charge is 0.354 e. The maximum Gasteiger partial charge on any atom is 0.354 e. The van der Waals surface area contributed by atoms with Crippen LogP contribution >= 0.6 is 0 Å². The predicted molar refractivity (Wildman–Crippen MR) is 79.6 cm³/mol. The number of nitrogens with one attached hydrogen (secondary N) is 2. The molecule has 1 aromatic rings. The number of hydrogen-bond acceptors (Lipinski definition) is 3. The van der Waals surface area contributed by atoms with E-state index in [0.717, 1.165) is 18.2 Å². The Kier molecular flexibility index (Phi) is 5.65. The lowest BCUT2D eigenvalue weighted by Crippen LogP contribution is -2.33. The molecule has 4 heteroatoms. The second kappa shape index (κ2) is 7.48. The number of carbonyl (C=O) groups excluding carboxylic acids is 1. The highest BCUT2D eigenvalue weighted by Gasteiger charge is 2.18. The highest BCUT2D eigenvalue weighted by molar-refractivity contribution is 5.87. The summed E-state index contributed by atoms with van der Waals surface area (Å²) < 4.78 is 4.69. The average molecular weight is 278 g/mol. The van der Waals surface area contributed by atoms with Gasteiger partial charge in [-0.15, -0.1) is 0 Å². The fraction of sp³-hybridized carbons (Fsp3) is 0.688. The van der Waals surface area contributed by atoms with Gasteiger partial charge in [0, 0.05) is 18.3 Å². The van der Waals surface area contributed by atoms with Gasteiger partial charge in [0.1, 0.15) is 5.69 Å². The summed E-state index contributed by atoms with van der Waals surface area (Å²) in [5, 5.41) is 3.58. The molecule has 0 amide bonds. The van der Waals surface area contributed by atoms with Gasteiger partial charge < -0.3 is 15.0 Å². The van der Waals surface area contributed by atoms with E-state index in [4.69, 9.17) is 4.74 Å². The molecule has 0 radical (unpaired) electrons. The third-order valence-electron chi connectivity index (χ3n) is 4.37. The van der Waals surface area contributed by atoms with Crippen LogP contribution in [0.15, 0.2) is 12.1 Å². The van der Waals surface area contributed by atoms with Crippen LogP contribution in [0.4, 0.5) is 0 Å². The third kappa shape index (κ3) is 4.10. The monoisotopic (exact) mass is 278 g/mol. The molecule has 0 bridgehead atoms. The Morgan fingerprint density at radius 3 is 2.70 bits per heavy atom. The first-order chi connectivity index (χ1) is 9.70. The molecule has 4 nitrogen and oxygen atoms in total. The van der Waals surface area contributed by atoms with Gasteiger partial charge in [0.2, 0.25) is 0 Å². The Bertz CT molecular complexity index is 420. The van der Waals surface area contributed by atoms with Gasteiger partial charge in [0.25, 0.3) is 0 Å². The molecule has 1 saturated carbocycles. The van der Waals surface area contributed by atoms with Crippen LogP contribution in [0.25, 0.3) is 0 Å². The standard InChI is InChI=1S/C16H26N2O2/c1-12(13-7-5-3-4-6-8-13)17-11-14-9-10-15(18-14)16(19)20-2/h9-10,12-13,17-18H,3-8,11H2,1-2H3/t12-/m1/s1. The van der Waals surface area contributed by atoms with Crippen molar-refractivity contribution in [2.24, 2.45) is 5.92 Å². The normalized spacial score (nSPS) is 18.5. The first-order valence-corrected chi connectivity index (χ1v) is 7.70. The number of carbonyl (C=O) groups is 1. The van der Waals surface area contributed by atoms with Crippen molar-refractivity contribution in [3.63, 3.8) is 0 Å². The largest absolute Gasteiger partial charge is 0.464 e. The Labute approximate surface area is 121 Å². The molecule has 0 saturated heterocycles. The zero-order valence-electron chi connectivity index (χ0n) is 12.6. The van der Waals surface area contributed by atoms with Crippen LogP contribution in [-0.2, 0) is 11.3 Å². The van der Waals surface area contributed by atoms with Crippen molar-refractivity contribution < 1.29 is 9.53 Å². The second-order valence-electron chi connectivity index (χ2n) is 5.81. The van der Waals surface area contributed by atoms with E-state index in [9.17, 15) is 4.79 Å². The summed E-state index contributed by atoms with van der Waals surface area (Å²) in [5.41, 5.74) is 1.55. The van der Waals surface area contributed by atoms with Crippen LogP contribution in [0.2, 0.25) is 0 Å². The molecule has 0 spiro atoms. The molecule has 1 fully saturated rings. The Morgan fingerprint density at radius 1 is 1.35 bits per heavy atom. The van der Waals surface area contributed by atoms with E-state index < -0.39 is 0 Å². The van der Waals surface area contributed by atoms with Gasteiger partial charge in [-0.25, -0.2) is 4.79 Å². The van der Waals surface area contributed by atoms with E-state index in [1.807, 2.05) is 6.07 Å². The van der Waals surface area contributed by atoms with Crippen LogP contribution in [0, 0.1) is 5.92 Å². The Balaban J connectivity index is 1.81. The lowest BCUT2D eigenvalue weighted by atomic mass is 9.93. The SMILES string of the molecule is COC(=O)c1ccc(CN[C@H](C)C2CCCCCC2)[nH]1. The highest BCUT2D eigenvalue weighted by Crippen LogP contribution is 2.25. The van der Waals surface area contributed by atoms with E-state index in [1.54, 1.807) is 6.07 Å². The molecule has 0 aliphatic heterocycles. The van der Waals surface area contributed by atoms with Crippen molar-refractivity contribution in [3.8, 4) is 0 Å². The quantitative estimate of drug-likeness (QED) is 0.642. The predicted octanol–water partition coefficient (Wildman–Crippen LogP) is 3.25. The van der Waals surface area contributed by atoms with E-state index in [2.05, 4.69) is 17.2 Å². The molecule has 20 heavy (non-hydrogen) atoms. The zero-order chi connectivity index (χ0) is 14.4. The number of hydrogen-bond donors (Lipinski definition) is 2. The van der Waals surface area contributed by atoms with Crippen LogP contribution in [-0.4, -0.2) is 24.1 Å². The number of H-pyrrole nitrogens is 1.